The molecule has 1 heterocycles. The monoisotopic (exact) mass is 472 g/mol. The Labute approximate surface area is 193 Å². The van der Waals surface area contributed by atoms with Gasteiger partial charge in [-0.3, -0.25) is 9.59 Å². The largest absolute Gasteiger partial charge is 0.459 e. The van der Waals surface area contributed by atoms with E-state index in [0.717, 1.165) is 35.1 Å². The molecule has 0 fully saturated rings. The maximum absolute atomic E-state index is 14.1. The summed E-state index contributed by atoms with van der Waals surface area (Å²) in [6.45, 7) is 6.75. The number of carbonyl (C=O) groups is 3. The van der Waals surface area contributed by atoms with Crippen molar-refractivity contribution in [1.82, 2.24) is 0 Å². The first-order chi connectivity index (χ1) is 15.6. The topological polar surface area (TPSA) is 84.5 Å². The first-order valence-corrected chi connectivity index (χ1v) is 10.9. The third kappa shape index (κ3) is 5.43. The van der Waals surface area contributed by atoms with Gasteiger partial charge < -0.3 is 15.4 Å². The van der Waals surface area contributed by atoms with E-state index in [4.69, 9.17) is 4.74 Å². The summed E-state index contributed by atoms with van der Waals surface area (Å²) < 4.78 is 33.4. The van der Waals surface area contributed by atoms with Gasteiger partial charge >= 0.3 is 5.97 Å². The summed E-state index contributed by atoms with van der Waals surface area (Å²) in [5.41, 5.74) is 0.998. The molecule has 1 aromatic heterocycles. The molecule has 2 amide bonds. The second kappa shape index (κ2) is 9.91. The number of nitrogens with one attached hydrogen (secondary N) is 2. The Hall–Kier alpha value is -3.59. The zero-order valence-corrected chi connectivity index (χ0v) is 19.2. The highest BCUT2D eigenvalue weighted by molar-refractivity contribution is 7.19. The van der Waals surface area contributed by atoms with Crippen LogP contribution in [0.4, 0.5) is 19.5 Å². The number of rotatable bonds is 6. The lowest BCUT2D eigenvalue weighted by Crippen LogP contribution is -2.18. The van der Waals surface area contributed by atoms with Gasteiger partial charge in [0.2, 0.25) is 0 Å². The lowest BCUT2D eigenvalue weighted by atomic mass is 10.1. The van der Waals surface area contributed by atoms with Crippen molar-refractivity contribution in [3.63, 3.8) is 0 Å². The number of thiophene rings is 1. The average molecular weight is 473 g/mol. The smallest absolute Gasteiger partial charge is 0.341 e. The number of benzene rings is 2. The molecule has 0 saturated carbocycles. The van der Waals surface area contributed by atoms with Gasteiger partial charge in [-0.05, 0) is 57.5 Å². The Morgan fingerprint density at radius 1 is 0.879 bits per heavy atom. The molecule has 0 aliphatic carbocycles. The first-order valence-electron chi connectivity index (χ1n) is 10.1. The predicted octanol–water partition coefficient (Wildman–Crippen LogP) is 5.71. The van der Waals surface area contributed by atoms with Crippen LogP contribution in [0.1, 0.15) is 55.4 Å². The molecule has 0 aliphatic heterocycles. The van der Waals surface area contributed by atoms with Crippen LogP contribution in [-0.4, -0.2) is 23.9 Å². The number of amides is 2. The Kier molecular flexibility index (Phi) is 7.23. The standard InChI is InChI=1S/C24H22F2N2O4S/c1-12(2)32-24(31)18-14(4)20(22(30)27-15-10-8-13(3)9-11-15)33-23(18)28-21(29)19-16(25)6-5-7-17(19)26/h5-12H,1-4H3,(H,27,30)(H,28,29). The van der Waals surface area contributed by atoms with Gasteiger partial charge in [0.05, 0.1) is 16.5 Å². The molecule has 6 nitrogen and oxygen atoms in total. The average Bonchev–Trinajstić information content (AvgIpc) is 3.05. The van der Waals surface area contributed by atoms with Crippen molar-refractivity contribution in [2.24, 2.45) is 0 Å². The number of aryl methyl sites for hydroxylation is 1. The summed E-state index contributed by atoms with van der Waals surface area (Å²) in [5.74, 6) is -4.46. The van der Waals surface area contributed by atoms with E-state index in [9.17, 15) is 23.2 Å². The zero-order valence-electron chi connectivity index (χ0n) is 18.4. The van der Waals surface area contributed by atoms with Crippen molar-refractivity contribution in [2.45, 2.75) is 33.8 Å². The Morgan fingerprint density at radius 2 is 1.48 bits per heavy atom. The number of carbonyl (C=O) groups excluding carboxylic acids is 3. The van der Waals surface area contributed by atoms with E-state index in [1.54, 1.807) is 26.0 Å². The van der Waals surface area contributed by atoms with E-state index in [-0.39, 0.29) is 21.0 Å². The molecule has 3 aromatic rings. The molecule has 0 radical (unpaired) electrons. The van der Waals surface area contributed by atoms with E-state index in [1.165, 1.54) is 6.92 Å². The van der Waals surface area contributed by atoms with E-state index < -0.39 is 41.1 Å². The van der Waals surface area contributed by atoms with Gasteiger partial charge in [0.1, 0.15) is 22.2 Å². The van der Waals surface area contributed by atoms with E-state index in [2.05, 4.69) is 10.6 Å². The minimum Gasteiger partial charge on any atom is -0.459 e. The number of anilines is 2. The highest BCUT2D eigenvalue weighted by Crippen LogP contribution is 2.35. The molecule has 2 N–H and O–H groups in total. The van der Waals surface area contributed by atoms with Crippen LogP contribution in [0.3, 0.4) is 0 Å². The SMILES string of the molecule is Cc1ccc(NC(=O)c2sc(NC(=O)c3c(F)cccc3F)c(C(=O)OC(C)C)c2C)cc1. The Morgan fingerprint density at radius 3 is 2.06 bits per heavy atom. The molecule has 0 atom stereocenters. The van der Waals surface area contributed by atoms with Crippen LogP contribution in [-0.2, 0) is 4.74 Å². The van der Waals surface area contributed by atoms with E-state index in [1.807, 2.05) is 19.1 Å². The Bertz CT molecular complexity index is 1200. The van der Waals surface area contributed by atoms with Gasteiger partial charge in [-0.2, -0.15) is 0 Å². The Balaban J connectivity index is 1.99. The number of hydrogen-bond acceptors (Lipinski definition) is 5. The van der Waals surface area contributed by atoms with Crippen molar-refractivity contribution in [3.8, 4) is 0 Å². The maximum Gasteiger partial charge on any atom is 0.341 e. The number of esters is 1. The van der Waals surface area contributed by atoms with Crippen LogP contribution >= 0.6 is 11.3 Å². The fraction of sp³-hybridized carbons (Fsp3) is 0.208. The molecule has 0 bridgehead atoms. The molecule has 172 valence electrons. The minimum atomic E-state index is -1.09. The van der Waals surface area contributed by atoms with Gasteiger partial charge in [0.25, 0.3) is 11.8 Å². The summed E-state index contributed by atoms with van der Waals surface area (Å²) in [5, 5.41) is 5.06. The van der Waals surface area contributed by atoms with Gasteiger partial charge in [0.15, 0.2) is 0 Å². The minimum absolute atomic E-state index is 0.0418. The predicted molar refractivity (Wildman–Crippen MR) is 123 cm³/mol. The molecule has 9 heteroatoms. The first kappa shape index (κ1) is 24.1. The summed E-state index contributed by atoms with van der Waals surface area (Å²) in [7, 11) is 0. The molecule has 2 aromatic carbocycles. The van der Waals surface area contributed by atoms with E-state index in [0.29, 0.717) is 5.69 Å². The molecule has 0 saturated heterocycles. The summed E-state index contributed by atoms with van der Waals surface area (Å²) >= 11 is 0.817. The summed E-state index contributed by atoms with van der Waals surface area (Å²) in [4.78, 5) is 38.4. The van der Waals surface area contributed by atoms with Crippen molar-refractivity contribution < 1.29 is 27.9 Å². The van der Waals surface area contributed by atoms with Gasteiger partial charge in [-0.15, -0.1) is 11.3 Å². The van der Waals surface area contributed by atoms with Crippen LogP contribution in [0.15, 0.2) is 42.5 Å². The van der Waals surface area contributed by atoms with Gasteiger partial charge in [-0.25, -0.2) is 13.6 Å². The quantitative estimate of drug-likeness (QED) is 0.450. The highest BCUT2D eigenvalue weighted by atomic mass is 32.1. The molecule has 33 heavy (non-hydrogen) atoms. The van der Waals surface area contributed by atoms with Crippen LogP contribution in [0.2, 0.25) is 0 Å². The lowest BCUT2D eigenvalue weighted by molar-refractivity contribution is 0.0379. The van der Waals surface area contributed by atoms with Gasteiger partial charge in [-0.1, -0.05) is 23.8 Å². The van der Waals surface area contributed by atoms with Crippen LogP contribution < -0.4 is 10.6 Å². The van der Waals surface area contributed by atoms with Crippen LogP contribution in [0.5, 0.6) is 0 Å². The third-order valence-electron chi connectivity index (χ3n) is 4.63. The molecular formula is C24H22F2N2O4S. The van der Waals surface area contributed by atoms with Crippen molar-refractivity contribution in [3.05, 3.63) is 81.2 Å². The fourth-order valence-corrected chi connectivity index (χ4v) is 4.13. The summed E-state index contributed by atoms with van der Waals surface area (Å²) in [6, 6.07) is 10.2. The zero-order chi connectivity index (χ0) is 24.3. The molecule has 0 spiro atoms. The normalized spacial score (nSPS) is 10.8. The maximum atomic E-state index is 14.1. The molecule has 0 aliphatic rings. The highest BCUT2D eigenvalue weighted by Gasteiger charge is 2.28. The molecular weight excluding hydrogens is 450 g/mol. The lowest BCUT2D eigenvalue weighted by Gasteiger charge is -2.11. The number of ether oxygens (including phenoxy) is 1. The fourth-order valence-electron chi connectivity index (χ4n) is 3.04. The number of hydrogen-bond donors (Lipinski definition) is 2. The van der Waals surface area contributed by atoms with Gasteiger partial charge in [0, 0.05) is 5.69 Å². The second-order valence-corrected chi connectivity index (χ2v) is 8.61. The molecule has 0 unspecified atom stereocenters. The van der Waals surface area contributed by atoms with Crippen molar-refractivity contribution in [2.75, 3.05) is 10.6 Å². The third-order valence-corrected chi connectivity index (χ3v) is 5.83. The number of halogens is 2. The summed E-state index contributed by atoms with van der Waals surface area (Å²) in [6.07, 6.45) is -0.464. The van der Waals surface area contributed by atoms with Crippen LogP contribution in [0.25, 0.3) is 0 Å². The molecule has 3 rings (SSSR count). The van der Waals surface area contributed by atoms with E-state index >= 15 is 0 Å². The van der Waals surface area contributed by atoms with Crippen LogP contribution in [0, 0.1) is 25.5 Å². The van der Waals surface area contributed by atoms with Crippen molar-refractivity contribution in [1.29, 1.82) is 0 Å². The van der Waals surface area contributed by atoms with Crippen molar-refractivity contribution >= 4 is 39.8 Å². The second-order valence-electron chi connectivity index (χ2n) is 7.59.